The molecule has 1 fully saturated rings. The van der Waals surface area contributed by atoms with E-state index in [4.69, 9.17) is 16.6 Å². The number of benzene rings is 1. The third-order valence-electron chi connectivity index (χ3n) is 7.19. The second-order valence-electron chi connectivity index (χ2n) is 10.1. The van der Waals surface area contributed by atoms with Crippen molar-refractivity contribution in [1.82, 2.24) is 34.3 Å². The summed E-state index contributed by atoms with van der Waals surface area (Å²) in [6, 6.07) is 7.25. The number of aryl methyl sites for hydroxylation is 2. The Morgan fingerprint density at radius 2 is 1.93 bits per heavy atom. The molecule has 11 nitrogen and oxygen atoms in total. The van der Waals surface area contributed by atoms with E-state index in [1.54, 1.807) is 30.0 Å². The predicted molar refractivity (Wildman–Crippen MR) is 159 cm³/mol. The number of amides is 1. The lowest BCUT2D eigenvalue weighted by atomic mass is 10.0. The second-order valence-corrected chi connectivity index (χ2v) is 11.1. The van der Waals surface area contributed by atoms with Crippen LogP contribution in [0.3, 0.4) is 0 Å². The predicted octanol–water partition coefficient (Wildman–Crippen LogP) is 4.21. The van der Waals surface area contributed by atoms with Crippen LogP contribution in [0.2, 0.25) is 5.15 Å². The maximum Gasteiger partial charge on any atom is 0.281 e. The Hall–Kier alpha value is -3.64. The average Bonchev–Trinajstić information content (AvgIpc) is 3.38. The summed E-state index contributed by atoms with van der Waals surface area (Å²) in [6.45, 7) is 7.36. The molecule has 1 unspecified atom stereocenters. The Bertz CT molecular complexity index is 1630. The average molecular weight is 582 g/mol. The van der Waals surface area contributed by atoms with Gasteiger partial charge in [0.25, 0.3) is 11.5 Å². The van der Waals surface area contributed by atoms with Gasteiger partial charge in [0.2, 0.25) is 5.95 Å². The van der Waals surface area contributed by atoms with Gasteiger partial charge in [0.1, 0.15) is 5.15 Å². The quantitative estimate of drug-likeness (QED) is 0.244. The van der Waals surface area contributed by atoms with Crippen molar-refractivity contribution in [2.45, 2.75) is 45.7 Å². The SMILES string of the molecule is CSNC(=O)c1nc(Cl)ccc1NC(C)c1cc(C)cc2c(=O)n(C)c(N3CCC(n4cc(C)nn4)CC3)nc12. The Labute approximate surface area is 241 Å². The minimum atomic E-state index is -0.350. The summed E-state index contributed by atoms with van der Waals surface area (Å²) in [7, 11) is 1.77. The van der Waals surface area contributed by atoms with Gasteiger partial charge in [0, 0.05) is 38.2 Å². The molecule has 0 spiro atoms. The number of carbonyl (C=O) groups excluding carboxylic acids is 1. The molecule has 210 valence electrons. The van der Waals surface area contributed by atoms with Crippen LogP contribution in [-0.4, -0.2) is 54.8 Å². The Morgan fingerprint density at radius 1 is 1.18 bits per heavy atom. The summed E-state index contributed by atoms with van der Waals surface area (Å²) in [6.07, 6.45) is 5.48. The highest BCUT2D eigenvalue weighted by molar-refractivity contribution is 7.97. The minimum Gasteiger partial charge on any atom is -0.377 e. The van der Waals surface area contributed by atoms with Crippen molar-refractivity contribution in [1.29, 1.82) is 0 Å². The van der Waals surface area contributed by atoms with E-state index in [1.165, 1.54) is 11.9 Å². The van der Waals surface area contributed by atoms with Crippen LogP contribution in [0.15, 0.2) is 35.3 Å². The van der Waals surface area contributed by atoms with Gasteiger partial charge in [0.05, 0.1) is 34.4 Å². The Balaban J connectivity index is 1.49. The molecule has 3 aromatic heterocycles. The highest BCUT2D eigenvalue weighted by atomic mass is 35.5. The molecule has 5 rings (SSSR count). The zero-order valence-electron chi connectivity index (χ0n) is 23.1. The molecule has 4 heterocycles. The molecular formula is C27H32ClN9O2S. The molecule has 1 saturated heterocycles. The Kier molecular flexibility index (Phi) is 7.99. The maximum absolute atomic E-state index is 13.6. The lowest BCUT2D eigenvalue weighted by Gasteiger charge is -2.33. The lowest BCUT2D eigenvalue weighted by Crippen LogP contribution is -2.39. The van der Waals surface area contributed by atoms with Crippen LogP contribution in [0.5, 0.6) is 0 Å². The number of halogens is 1. The van der Waals surface area contributed by atoms with E-state index >= 15 is 0 Å². The number of fused-ring (bicyclic) bond motifs is 1. The van der Waals surface area contributed by atoms with Gasteiger partial charge in [-0.25, -0.2) is 14.6 Å². The molecule has 0 radical (unpaired) electrons. The van der Waals surface area contributed by atoms with E-state index in [-0.39, 0.29) is 34.4 Å². The van der Waals surface area contributed by atoms with Crippen LogP contribution < -0.4 is 20.5 Å². The molecular weight excluding hydrogens is 550 g/mol. The number of pyridine rings is 1. The van der Waals surface area contributed by atoms with Crippen LogP contribution >= 0.6 is 23.5 Å². The number of rotatable bonds is 7. The molecule has 4 aromatic rings. The molecule has 1 atom stereocenters. The number of nitrogens with one attached hydrogen (secondary N) is 2. The van der Waals surface area contributed by atoms with Gasteiger partial charge in [-0.05, 0) is 57.4 Å². The molecule has 1 aliphatic rings. The minimum absolute atomic E-state index is 0.0978. The van der Waals surface area contributed by atoms with Crippen molar-refractivity contribution < 1.29 is 4.79 Å². The smallest absolute Gasteiger partial charge is 0.281 e. The summed E-state index contributed by atoms with van der Waals surface area (Å²) in [5, 5.41) is 12.6. The van der Waals surface area contributed by atoms with Gasteiger partial charge in [-0.3, -0.25) is 18.9 Å². The number of hydrogen-bond donors (Lipinski definition) is 2. The van der Waals surface area contributed by atoms with E-state index in [9.17, 15) is 9.59 Å². The monoisotopic (exact) mass is 581 g/mol. The van der Waals surface area contributed by atoms with Crippen molar-refractivity contribution in [2.24, 2.45) is 7.05 Å². The van der Waals surface area contributed by atoms with Crippen molar-refractivity contribution in [3.8, 4) is 0 Å². The summed E-state index contributed by atoms with van der Waals surface area (Å²) in [5.41, 5.74) is 3.97. The summed E-state index contributed by atoms with van der Waals surface area (Å²) in [5.74, 6) is 0.286. The van der Waals surface area contributed by atoms with Gasteiger partial charge >= 0.3 is 0 Å². The van der Waals surface area contributed by atoms with Crippen LogP contribution in [0.4, 0.5) is 11.6 Å². The standard InChI is InChI=1S/C27H32ClN9O2S/c1-15-12-19(17(3)29-21-6-7-22(28)30-24(21)25(38)33-40-5)23-20(13-15)26(39)35(4)27(31-23)36-10-8-18(9-11-36)37-14-16(2)32-34-37/h6-7,12-14,17-18,29H,8-11H2,1-5H3,(H,33,38). The normalized spacial score (nSPS) is 14.9. The summed E-state index contributed by atoms with van der Waals surface area (Å²) < 4.78 is 6.27. The lowest BCUT2D eigenvalue weighted by molar-refractivity contribution is 0.0980. The zero-order valence-corrected chi connectivity index (χ0v) is 24.7. The number of aromatic nitrogens is 6. The van der Waals surface area contributed by atoms with E-state index in [1.807, 2.05) is 43.8 Å². The van der Waals surface area contributed by atoms with Gasteiger partial charge in [-0.2, -0.15) is 0 Å². The molecule has 0 aliphatic carbocycles. The number of carbonyl (C=O) groups is 1. The molecule has 2 N–H and O–H groups in total. The number of anilines is 2. The number of hydrogen-bond acceptors (Lipinski definition) is 9. The van der Waals surface area contributed by atoms with E-state index in [0.717, 1.165) is 42.8 Å². The highest BCUT2D eigenvalue weighted by Crippen LogP contribution is 2.30. The first-order chi connectivity index (χ1) is 19.2. The first-order valence-electron chi connectivity index (χ1n) is 13.1. The van der Waals surface area contributed by atoms with Crippen LogP contribution in [-0.2, 0) is 7.05 Å². The third kappa shape index (κ3) is 5.50. The van der Waals surface area contributed by atoms with Gasteiger partial charge in [0.15, 0.2) is 5.69 Å². The number of piperidine rings is 1. The largest absolute Gasteiger partial charge is 0.377 e. The van der Waals surface area contributed by atoms with Crippen LogP contribution in [0.1, 0.15) is 59.2 Å². The zero-order chi connectivity index (χ0) is 28.6. The van der Waals surface area contributed by atoms with Gasteiger partial charge in [-0.1, -0.05) is 34.8 Å². The fraction of sp³-hybridized carbons (Fsp3) is 0.407. The van der Waals surface area contributed by atoms with Gasteiger partial charge in [-0.15, -0.1) is 5.10 Å². The molecule has 40 heavy (non-hydrogen) atoms. The first-order valence-corrected chi connectivity index (χ1v) is 14.7. The van der Waals surface area contributed by atoms with Crippen molar-refractivity contribution in [2.75, 3.05) is 29.6 Å². The fourth-order valence-corrected chi connectivity index (χ4v) is 5.63. The third-order valence-corrected chi connectivity index (χ3v) is 7.79. The van der Waals surface area contributed by atoms with Crippen LogP contribution in [0.25, 0.3) is 10.9 Å². The van der Waals surface area contributed by atoms with E-state index < -0.39 is 0 Å². The molecule has 1 aliphatic heterocycles. The van der Waals surface area contributed by atoms with E-state index in [0.29, 0.717) is 22.5 Å². The molecule has 0 bridgehead atoms. The number of nitrogens with zero attached hydrogens (tertiary/aromatic N) is 7. The van der Waals surface area contributed by atoms with Crippen molar-refractivity contribution in [3.05, 3.63) is 68.5 Å². The summed E-state index contributed by atoms with van der Waals surface area (Å²) >= 11 is 7.28. The second kappa shape index (κ2) is 11.5. The fourth-order valence-electron chi connectivity index (χ4n) is 5.21. The topological polar surface area (TPSA) is 123 Å². The molecule has 1 aromatic carbocycles. The maximum atomic E-state index is 13.6. The van der Waals surface area contributed by atoms with Gasteiger partial charge < -0.3 is 10.2 Å². The molecule has 0 saturated carbocycles. The van der Waals surface area contributed by atoms with Crippen molar-refractivity contribution >= 4 is 52.0 Å². The Morgan fingerprint density at radius 3 is 2.60 bits per heavy atom. The highest BCUT2D eigenvalue weighted by Gasteiger charge is 2.26. The summed E-state index contributed by atoms with van der Waals surface area (Å²) in [4.78, 5) is 37.7. The van der Waals surface area contributed by atoms with Crippen LogP contribution in [0, 0.1) is 13.8 Å². The van der Waals surface area contributed by atoms with Crippen molar-refractivity contribution in [3.63, 3.8) is 0 Å². The van der Waals surface area contributed by atoms with E-state index in [2.05, 4.69) is 30.2 Å². The molecule has 1 amide bonds. The first kappa shape index (κ1) is 27.9. The molecule has 13 heteroatoms.